The van der Waals surface area contributed by atoms with E-state index in [1.165, 1.54) is 85.2 Å². The molecule has 0 atom stereocenters. The number of rotatable bonds is 24. The third-order valence-corrected chi connectivity index (χ3v) is 27.2. The van der Waals surface area contributed by atoms with Crippen LogP contribution in [0.2, 0.25) is 5.02 Å². The summed E-state index contributed by atoms with van der Waals surface area (Å²) in [6.07, 6.45) is 0.196. The molecule has 43 heteroatoms. The number of hydrogen-bond acceptors (Lipinski definition) is 30. The molecule has 0 fully saturated rings. The molecule has 0 spiro atoms. The quantitative estimate of drug-likeness (QED) is 0.0158. The number of fused-ring (bicyclic) bond motifs is 7. The number of oxazole rings is 5. The number of anilines is 3. The maximum Gasteiger partial charge on any atom is 0.339 e. The number of aldehydes is 1. The first kappa shape index (κ1) is 99.8. The van der Waals surface area contributed by atoms with Gasteiger partial charge in [0.05, 0.1) is 41.7 Å². The van der Waals surface area contributed by atoms with E-state index in [1.807, 2.05) is 12.1 Å². The number of para-hydroxylation sites is 9. The Morgan fingerprint density at radius 2 is 0.831 bits per heavy atom. The summed E-state index contributed by atoms with van der Waals surface area (Å²) in [6, 6.07) is 55.7. The van der Waals surface area contributed by atoms with Crippen molar-refractivity contribution in [2.24, 2.45) is 0 Å². The zero-order valence-electron chi connectivity index (χ0n) is 75.6. The Labute approximate surface area is 849 Å². The average Bonchev–Trinajstić information content (AvgIpc) is 1.63. The first-order valence-corrected chi connectivity index (χ1v) is 47.9. The van der Waals surface area contributed by atoms with Gasteiger partial charge < -0.3 is 77.1 Å². The predicted molar refractivity (Wildman–Crippen MR) is 539 cm³/mol. The van der Waals surface area contributed by atoms with Gasteiger partial charge in [-0.3, -0.25) is 33.6 Å². The van der Waals surface area contributed by atoms with Crippen LogP contribution in [0.15, 0.2) is 270 Å². The fourth-order valence-corrected chi connectivity index (χ4v) is 20.4. The van der Waals surface area contributed by atoms with Crippen molar-refractivity contribution in [2.45, 2.75) is 26.7 Å². The molecule has 22 aromatic rings. The summed E-state index contributed by atoms with van der Waals surface area (Å²) >= 11 is 11.1. The van der Waals surface area contributed by atoms with Crippen LogP contribution < -0.4 is 20.7 Å². The first-order valence-electron chi connectivity index (χ1n) is 43.2. The van der Waals surface area contributed by atoms with Crippen LogP contribution in [-0.2, 0) is 12.8 Å². The third-order valence-electron chi connectivity index (χ3n) is 22.2. The van der Waals surface area contributed by atoms with E-state index in [-0.39, 0.29) is 162 Å². The largest absolute Gasteiger partial charge is 0.504 e. The van der Waals surface area contributed by atoms with Crippen LogP contribution in [0.5, 0.6) is 11.5 Å². The van der Waals surface area contributed by atoms with Gasteiger partial charge in [-0.05, 0) is 133 Å². The Kier molecular flexibility index (Phi) is 28.5. The van der Waals surface area contributed by atoms with Crippen LogP contribution in [0.25, 0.3) is 133 Å². The van der Waals surface area contributed by atoms with Crippen molar-refractivity contribution in [3.63, 3.8) is 0 Å². The Bertz CT molecular complexity index is 9030. The summed E-state index contributed by atoms with van der Waals surface area (Å²) in [6.45, 7) is 2.73. The number of ether oxygens (including phenoxy) is 1. The molecule has 3 amide bonds. The molecule has 12 heterocycles. The number of carboxylic acids is 4. The molecule has 148 heavy (non-hydrogen) atoms. The highest BCUT2D eigenvalue weighted by Gasteiger charge is 2.33. The highest BCUT2D eigenvalue weighted by atomic mass is 35.5. The number of hydrogen-bond donors (Lipinski definition) is 8. The smallest absolute Gasteiger partial charge is 0.339 e. The Morgan fingerprint density at radius 1 is 0.392 bits per heavy atom. The molecule has 738 valence electrons. The van der Waals surface area contributed by atoms with Gasteiger partial charge in [-0.1, -0.05) is 121 Å². The van der Waals surface area contributed by atoms with Crippen LogP contribution in [0.4, 0.5) is 37.0 Å². The van der Waals surface area contributed by atoms with Crippen LogP contribution in [-0.4, -0.2) is 123 Å². The van der Waals surface area contributed by atoms with Crippen LogP contribution in [0, 0.1) is 36.0 Å². The molecule has 22 rings (SSSR count). The molecule has 0 saturated carbocycles. The van der Waals surface area contributed by atoms with Gasteiger partial charge in [-0.25, -0.2) is 66.1 Å². The molecule has 0 radical (unpaired) electrons. The van der Waals surface area contributed by atoms with Crippen LogP contribution in [0.1, 0.15) is 138 Å². The molecular formula is C105H62ClF5N8O24S5. The molecule has 10 aromatic carbocycles. The van der Waals surface area contributed by atoms with Gasteiger partial charge >= 0.3 is 41.6 Å². The van der Waals surface area contributed by atoms with Crippen molar-refractivity contribution in [3.05, 3.63) is 351 Å². The van der Waals surface area contributed by atoms with E-state index in [0.29, 0.717) is 100 Å². The number of nitrogens with one attached hydrogen (secondary N) is 3. The fraction of sp³-hybridized carbons (Fsp3) is 0.0476. The third kappa shape index (κ3) is 20.7. The molecule has 0 bridgehead atoms. The molecular weight excluding hydrogens is 2050 g/mol. The number of phenolic OH excluding ortho intramolecular Hbond substituents is 1. The number of Topliss-reactive ketones (excluding diaryl/α,β-unsaturated/α-hetero) is 3. The van der Waals surface area contributed by atoms with Crippen molar-refractivity contribution in [3.8, 4) is 67.5 Å². The number of nitrogens with zero attached hydrogens (tertiary/aromatic N) is 5. The van der Waals surface area contributed by atoms with Gasteiger partial charge in [0.2, 0.25) is 11.6 Å². The summed E-state index contributed by atoms with van der Waals surface area (Å²) in [7, 11) is 1.54. The molecule has 0 aliphatic rings. The summed E-state index contributed by atoms with van der Waals surface area (Å²) in [5.74, 6) is -12.1. The lowest BCUT2D eigenvalue weighted by molar-refractivity contribution is 0.0685. The average molecular weight is 2110 g/mol. The number of carbonyl (C=O) groups excluding carboxylic acids is 7. The van der Waals surface area contributed by atoms with E-state index >= 15 is 0 Å². The number of amides is 3. The van der Waals surface area contributed by atoms with Gasteiger partial charge in [-0.2, -0.15) is 0 Å². The lowest BCUT2D eigenvalue weighted by Crippen LogP contribution is -2.13. The first-order chi connectivity index (χ1) is 71.2. The molecule has 8 N–H and O–H groups in total. The Morgan fingerprint density at radius 3 is 1.36 bits per heavy atom. The van der Waals surface area contributed by atoms with Crippen molar-refractivity contribution in [1.29, 1.82) is 0 Å². The van der Waals surface area contributed by atoms with Crippen LogP contribution in [0.3, 0.4) is 0 Å². The summed E-state index contributed by atoms with van der Waals surface area (Å²) < 4.78 is 113. The van der Waals surface area contributed by atoms with Gasteiger partial charge in [0, 0.05) is 87.1 Å². The highest BCUT2D eigenvalue weighted by molar-refractivity contribution is 7.16. The number of thiophene rings is 5. The molecule has 0 aliphatic carbocycles. The van der Waals surface area contributed by atoms with E-state index in [9.17, 15) is 100 Å². The van der Waals surface area contributed by atoms with Crippen molar-refractivity contribution >= 4 is 226 Å². The minimum Gasteiger partial charge on any atom is -0.504 e. The fourth-order valence-electron chi connectivity index (χ4n) is 15.3. The normalized spacial score (nSPS) is 11.1. The van der Waals surface area contributed by atoms with Crippen LogP contribution >= 0.6 is 68.3 Å². The maximum absolute atomic E-state index is 14.4. The van der Waals surface area contributed by atoms with Gasteiger partial charge in [0.1, 0.15) is 83.2 Å². The van der Waals surface area contributed by atoms with E-state index in [1.54, 1.807) is 162 Å². The van der Waals surface area contributed by atoms with Gasteiger partial charge in [0.15, 0.2) is 73.8 Å². The second-order valence-corrected chi connectivity index (χ2v) is 36.7. The number of benzene rings is 10. The van der Waals surface area contributed by atoms with Crippen molar-refractivity contribution in [1.82, 2.24) is 24.9 Å². The number of halogens is 6. The predicted octanol–water partition coefficient (Wildman–Crippen LogP) is 26.1. The summed E-state index contributed by atoms with van der Waals surface area (Å²) in [4.78, 5) is 155. The van der Waals surface area contributed by atoms with Crippen molar-refractivity contribution in [2.75, 3.05) is 23.1 Å². The SMILES string of the molecule is CC(=O)c1c(-c2ccc(Cl)c(F)c2)csc1NC(=O)c1nc2cccc(F)c2o1.COc1cccc2cc(-c3csc(CC(=O)c4nc5ccccc5o4)c3C(=O)O)oc12.Cc1ccc(-c2csc(CC(=O)c3nc4cc(F)ccc4o3)c2C(=O)O)c(F)c1F.O=C(Nc1scc(-c2cc3cccc(O)c3o2)c1C(=O)O)c1nc2ccccc2o1.O=Cc1ccc(-c2csc(NC(=O)c3nc4ccccc4o3)c2C(=O)O)cc1. The van der Waals surface area contributed by atoms with E-state index < -0.39 is 82.3 Å². The molecule has 12 aromatic heterocycles. The monoisotopic (exact) mass is 2110 g/mol. The number of furan rings is 2. The number of carboxylic acid groups (broad SMARTS) is 4. The van der Waals surface area contributed by atoms with Crippen molar-refractivity contribution < 1.29 is 136 Å². The number of methoxy groups -OCH3 is 1. The molecule has 0 unspecified atom stereocenters. The topological polar surface area (TPSA) is 491 Å². The number of aromatic carboxylic acids is 4. The van der Waals surface area contributed by atoms with Gasteiger partial charge in [-0.15, -0.1) is 56.7 Å². The number of aromatic hydroxyl groups is 1. The molecule has 0 saturated heterocycles. The minimum absolute atomic E-state index is 0.0219. The number of phenols is 1. The number of ketones is 3. The standard InChI is InChI=1S/C23H15NO6S.C21H12F3NO4S.C21H12N2O6S.C20H11ClF2N2O3S.C20H12N2O5S/c1-28-17-8-4-5-12-9-18(29-21(12)17)13-11-31-19(20(13)23(26)27)10-15(25)22-24-14-6-2-3-7-16(14)30-22;1-9-2-4-11(19(24)18(9)23)12-8-30-16(17(12)21(27)28)7-14(26)20-25-13-6-10(22)3-5-15(13)29-20;24-13-6-3-4-10-8-15(28-17(10)13)11-9-30-20(16(11)21(26)27)23-18(25)19-22-12-5-1-2-7-14(12)29-19;1-9(26)16-11(10-5-6-12(21)14(23)7-10)8-29-20(16)25-18(27)19-24-15-4-2-3-13(22)17(15)28-19;23-9-11-5-7-12(8-6-11)13-10-28-19(16(13)20(25)26)22-17(24)18-21-14-3-1-2-4-15(14)27-18/h2-9,11H,10H2,1H3,(H,26,27);2-6,8H,7H2,1H3,(H,27,28);1-9,24H,(H,23,25)(H,26,27);2-8H,1H3,(H,25,27);1-10H,(H,22,24)(H,25,26). The van der Waals surface area contributed by atoms with E-state index in [2.05, 4.69) is 40.9 Å². The summed E-state index contributed by atoms with van der Waals surface area (Å²) in [5, 5.41) is 66.3. The second-order valence-electron chi connectivity index (χ2n) is 31.7. The molecule has 0 aliphatic heterocycles. The summed E-state index contributed by atoms with van der Waals surface area (Å²) in [5.41, 5.74) is 7.10. The Hall–Kier alpha value is -18.4. The van der Waals surface area contributed by atoms with E-state index in [0.717, 1.165) is 62.9 Å². The molecule has 32 nitrogen and oxygen atoms in total. The zero-order valence-corrected chi connectivity index (χ0v) is 80.5. The zero-order chi connectivity index (χ0) is 104. The minimum atomic E-state index is -1.38. The lowest BCUT2D eigenvalue weighted by Gasteiger charge is -2.07. The number of aryl methyl sites for hydroxylation is 1. The number of carbonyl (C=O) groups is 11. The maximum atomic E-state index is 14.4. The Balaban J connectivity index is 0.000000121. The second kappa shape index (κ2) is 42.3. The number of aromatic nitrogens is 5. The lowest BCUT2D eigenvalue weighted by atomic mass is 9.99. The van der Waals surface area contributed by atoms with Gasteiger partial charge in [0.25, 0.3) is 29.5 Å². The van der Waals surface area contributed by atoms with E-state index in [4.69, 9.17) is 47.3 Å². The highest BCUT2D eigenvalue weighted by Crippen LogP contribution is 2.45.